The van der Waals surface area contributed by atoms with Crippen molar-refractivity contribution in [1.29, 1.82) is 0 Å². The molecule has 2 aliphatic rings. The van der Waals surface area contributed by atoms with E-state index in [0.29, 0.717) is 4.90 Å². The monoisotopic (exact) mass is 324 g/mol. The molecule has 1 atom stereocenters. The van der Waals surface area contributed by atoms with Crippen LogP contribution < -0.4 is 10.6 Å². The van der Waals surface area contributed by atoms with Crippen LogP contribution in [0.5, 0.6) is 0 Å². The second kappa shape index (κ2) is 6.46. The highest BCUT2D eigenvalue weighted by molar-refractivity contribution is 7.99. The summed E-state index contributed by atoms with van der Waals surface area (Å²) < 4.78 is 13.8. The summed E-state index contributed by atoms with van der Waals surface area (Å²) in [5.41, 5.74) is 0.0787. The fraction of sp³-hybridized carbons (Fsp3) is 0.562. The number of carbonyl (C=O) groups is 1. The SMILES string of the molecule is O=C(NCC1(O)CCCC1)NC1CCSc2c(F)cccc21. The van der Waals surface area contributed by atoms with Gasteiger partial charge in [-0.25, -0.2) is 9.18 Å². The van der Waals surface area contributed by atoms with E-state index in [4.69, 9.17) is 0 Å². The molecule has 1 aliphatic carbocycles. The van der Waals surface area contributed by atoms with E-state index >= 15 is 0 Å². The molecule has 1 heterocycles. The van der Waals surface area contributed by atoms with Crippen LogP contribution in [-0.4, -0.2) is 29.0 Å². The molecular weight excluding hydrogens is 303 g/mol. The second-order valence-electron chi connectivity index (χ2n) is 6.11. The Balaban J connectivity index is 1.60. The lowest BCUT2D eigenvalue weighted by molar-refractivity contribution is 0.0500. The highest BCUT2D eigenvalue weighted by Gasteiger charge is 2.32. The Labute approximate surface area is 133 Å². The Hall–Kier alpha value is -1.27. The van der Waals surface area contributed by atoms with Gasteiger partial charge in [-0.05, 0) is 30.9 Å². The summed E-state index contributed by atoms with van der Waals surface area (Å²) in [6.07, 6.45) is 4.26. The predicted octanol–water partition coefficient (Wildman–Crippen LogP) is 2.97. The number of nitrogens with one attached hydrogen (secondary N) is 2. The minimum Gasteiger partial charge on any atom is -0.388 e. The zero-order chi connectivity index (χ0) is 15.6. The molecule has 1 aliphatic heterocycles. The largest absolute Gasteiger partial charge is 0.388 e. The van der Waals surface area contributed by atoms with Crippen molar-refractivity contribution < 1.29 is 14.3 Å². The van der Waals surface area contributed by atoms with Gasteiger partial charge >= 0.3 is 6.03 Å². The lowest BCUT2D eigenvalue weighted by Crippen LogP contribution is -2.46. The number of carbonyl (C=O) groups excluding carboxylic acids is 1. The molecular formula is C16H21FN2O2S. The summed E-state index contributed by atoms with van der Waals surface area (Å²) >= 11 is 1.49. The van der Waals surface area contributed by atoms with Gasteiger partial charge in [-0.3, -0.25) is 0 Å². The lowest BCUT2D eigenvalue weighted by atomic mass is 10.0. The van der Waals surface area contributed by atoms with Crippen LogP contribution >= 0.6 is 11.8 Å². The molecule has 3 rings (SSSR count). The Kier molecular flexibility index (Phi) is 4.59. The molecule has 120 valence electrons. The summed E-state index contributed by atoms with van der Waals surface area (Å²) in [5, 5.41) is 15.9. The Morgan fingerprint density at radius 1 is 1.41 bits per heavy atom. The van der Waals surface area contributed by atoms with Gasteiger partial charge < -0.3 is 15.7 Å². The molecule has 4 nitrogen and oxygen atoms in total. The first-order chi connectivity index (χ1) is 10.6. The third-order valence-electron chi connectivity index (χ3n) is 4.44. The maximum absolute atomic E-state index is 13.8. The van der Waals surface area contributed by atoms with Crippen LogP contribution in [0, 0.1) is 5.82 Å². The highest BCUT2D eigenvalue weighted by Crippen LogP contribution is 2.37. The lowest BCUT2D eigenvalue weighted by Gasteiger charge is -2.27. The standard InChI is InChI=1S/C16H21FN2O2S/c17-12-5-3-4-11-13(6-9-22-14(11)12)19-15(20)18-10-16(21)7-1-2-8-16/h3-5,13,21H,1-2,6-10H2,(H2,18,19,20). The molecule has 3 N–H and O–H groups in total. The maximum Gasteiger partial charge on any atom is 0.315 e. The van der Waals surface area contributed by atoms with E-state index in [0.717, 1.165) is 43.4 Å². The summed E-state index contributed by atoms with van der Waals surface area (Å²) in [6, 6.07) is 4.51. The molecule has 1 aromatic carbocycles. The zero-order valence-corrected chi connectivity index (χ0v) is 13.2. The second-order valence-corrected chi connectivity index (χ2v) is 7.21. The zero-order valence-electron chi connectivity index (χ0n) is 12.4. The average molecular weight is 324 g/mol. The number of hydrogen-bond acceptors (Lipinski definition) is 3. The number of thioether (sulfide) groups is 1. The number of aliphatic hydroxyl groups is 1. The van der Waals surface area contributed by atoms with Gasteiger partial charge in [0, 0.05) is 17.2 Å². The van der Waals surface area contributed by atoms with E-state index in [-0.39, 0.29) is 24.4 Å². The third-order valence-corrected chi connectivity index (χ3v) is 5.60. The quantitative estimate of drug-likeness (QED) is 0.801. The first-order valence-corrected chi connectivity index (χ1v) is 8.74. The van der Waals surface area contributed by atoms with E-state index < -0.39 is 5.60 Å². The normalized spacial score (nSPS) is 22.9. The number of urea groups is 1. The Bertz CT molecular complexity index is 561. The van der Waals surface area contributed by atoms with E-state index in [1.54, 1.807) is 6.07 Å². The van der Waals surface area contributed by atoms with Gasteiger partial charge in [-0.2, -0.15) is 0 Å². The van der Waals surface area contributed by atoms with Crippen molar-refractivity contribution in [3.05, 3.63) is 29.6 Å². The molecule has 22 heavy (non-hydrogen) atoms. The summed E-state index contributed by atoms with van der Waals surface area (Å²) in [7, 11) is 0. The minimum atomic E-state index is -0.760. The van der Waals surface area contributed by atoms with Gasteiger partial charge in [0.05, 0.1) is 11.6 Å². The number of fused-ring (bicyclic) bond motifs is 1. The van der Waals surface area contributed by atoms with Gasteiger partial charge in [0.1, 0.15) is 5.82 Å². The molecule has 0 radical (unpaired) electrons. The van der Waals surface area contributed by atoms with Crippen molar-refractivity contribution in [2.75, 3.05) is 12.3 Å². The predicted molar refractivity (Wildman–Crippen MR) is 84.4 cm³/mol. The van der Waals surface area contributed by atoms with Crippen LogP contribution in [0.2, 0.25) is 0 Å². The third kappa shape index (κ3) is 3.38. The van der Waals surface area contributed by atoms with E-state index in [1.807, 2.05) is 6.07 Å². The van der Waals surface area contributed by atoms with Crippen LogP contribution in [0.4, 0.5) is 9.18 Å². The topological polar surface area (TPSA) is 61.4 Å². The first kappa shape index (κ1) is 15.6. The summed E-state index contributed by atoms with van der Waals surface area (Å²) in [6.45, 7) is 0.274. The molecule has 1 saturated carbocycles. The van der Waals surface area contributed by atoms with Gasteiger partial charge in [0.15, 0.2) is 0 Å². The average Bonchev–Trinajstić information content (AvgIpc) is 2.94. The molecule has 0 saturated heterocycles. The smallest absolute Gasteiger partial charge is 0.315 e. The molecule has 6 heteroatoms. The maximum atomic E-state index is 13.8. The number of amides is 2. The summed E-state index contributed by atoms with van der Waals surface area (Å²) in [5.74, 6) is 0.553. The molecule has 2 amide bonds. The van der Waals surface area contributed by atoms with Crippen LogP contribution in [0.15, 0.2) is 23.1 Å². The number of rotatable bonds is 3. The Morgan fingerprint density at radius 2 is 2.18 bits per heavy atom. The molecule has 0 bridgehead atoms. The van der Waals surface area contributed by atoms with E-state index in [9.17, 15) is 14.3 Å². The van der Waals surface area contributed by atoms with Gasteiger partial charge in [0.2, 0.25) is 0 Å². The molecule has 0 spiro atoms. The van der Waals surface area contributed by atoms with Crippen molar-refractivity contribution >= 4 is 17.8 Å². The Morgan fingerprint density at radius 3 is 2.95 bits per heavy atom. The number of hydrogen-bond donors (Lipinski definition) is 3. The fourth-order valence-electron chi connectivity index (χ4n) is 3.20. The van der Waals surface area contributed by atoms with E-state index in [2.05, 4.69) is 10.6 Å². The first-order valence-electron chi connectivity index (χ1n) is 7.75. The van der Waals surface area contributed by atoms with Crippen LogP contribution in [-0.2, 0) is 0 Å². The van der Waals surface area contributed by atoms with Crippen molar-refractivity contribution in [1.82, 2.24) is 10.6 Å². The van der Waals surface area contributed by atoms with Crippen LogP contribution in [0.3, 0.4) is 0 Å². The molecule has 1 aromatic rings. The summed E-state index contributed by atoms with van der Waals surface area (Å²) in [4.78, 5) is 12.7. The van der Waals surface area contributed by atoms with Gasteiger partial charge in [-0.1, -0.05) is 25.0 Å². The van der Waals surface area contributed by atoms with Crippen molar-refractivity contribution in [2.45, 2.75) is 48.6 Å². The molecule has 1 unspecified atom stereocenters. The molecule has 1 fully saturated rings. The van der Waals surface area contributed by atoms with Gasteiger partial charge in [-0.15, -0.1) is 11.8 Å². The molecule has 0 aromatic heterocycles. The number of benzene rings is 1. The van der Waals surface area contributed by atoms with Gasteiger partial charge in [0.25, 0.3) is 0 Å². The van der Waals surface area contributed by atoms with Crippen LogP contribution in [0.1, 0.15) is 43.7 Å². The number of halogens is 1. The van der Waals surface area contributed by atoms with Crippen LogP contribution in [0.25, 0.3) is 0 Å². The minimum absolute atomic E-state index is 0.176. The van der Waals surface area contributed by atoms with Crippen molar-refractivity contribution in [3.63, 3.8) is 0 Å². The highest BCUT2D eigenvalue weighted by atomic mass is 32.2. The fourth-order valence-corrected chi connectivity index (χ4v) is 4.34. The van der Waals surface area contributed by atoms with Crippen molar-refractivity contribution in [2.24, 2.45) is 0 Å². The van der Waals surface area contributed by atoms with E-state index in [1.165, 1.54) is 17.8 Å². The van der Waals surface area contributed by atoms with Crippen molar-refractivity contribution in [3.8, 4) is 0 Å².